The monoisotopic (exact) mass is 340 g/mol. The highest BCUT2D eigenvalue weighted by molar-refractivity contribution is 5.78. The molecule has 5 heteroatoms. The summed E-state index contributed by atoms with van der Waals surface area (Å²) in [6.45, 7) is 6.34. The lowest BCUT2D eigenvalue weighted by Gasteiger charge is -2.30. The number of rotatable bonds is 6. The second kappa shape index (κ2) is 8.30. The molecule has 0 bridgehead atoms. The average Bonchev–Trinajstić information content (AvgIpc) is 2.99. The fourth-order valence-corrected chi connectivity index (χ4v) is 3.46. The molecule has 3 rings (SSSR count). The Balaban J connectivity index is 1.45. The summed E-state index contributed by atoms with van der Waals surface area (Å²) in [7, 11) is 1.85. The molecular weight excluding hydrogens is 312 g/mol. The predicted octanol–water partition coefficient (Wildman–Crippen LogP) is 2.51. The lowest BCUT2D eigenvalue weighted by atomic mass is 9.99. The molecule has 0 spiro atoms. The van der Waals surface area contributed by atoms with Gasteiger partial charge in [0.05, 0.1) is 12.6 Å². The number of carbonyl (C=O) groups is 1. The number of piperidine rings is 1. The minimum atomic E-state index is 0.0272. The zero-order chi connectivity index (χ0) is 17.6. The number of amides is 1. The Morgan fingerprint density at radius 1 is 1.24 bits per heavy atom. The molecule has 1 unspecified atom stereocenters. The molecule has 0 aliphatic carbocycles. The highest BCUT2D eigenvalue weighted by atomic mass is 16.1. The smallest absolute Gasteiger partial charge is 0.224 e. The zero-order valence-corrected chi connectivity index (χ0v) is 15.2. The minimum absolute atomic E-state index is 0.0272. The summed E-state index contributed by atoms with van der Waals surface area (Å²) >= 11 is 0. The van der Waals surface area contributed by atoms with Crippen molar-refractivity contribution >= 4 is 5.91 Å². The lowest BCUT2D eigenvalue weighted by molar-refractivity contribution is -0.120. The standard InChI is InChI=1S/C20H28N4O/c1-16-4-3-9-24(13-16)15-18-7-5-17(6-8-18)11-21-20(25)10-19-12-22-23(2)14-19/h5-8,12,14,16H,3-4,9-11,13,15H2,1-2H3,(H,21,25). The molecule has 1 N–H and O–H groups in total. The molecule has 1 aliphatic rings. The third-order valence-electron chi connectivity index (χ3n) is 4.78. The van der Waals surface area contributed by atoms with Crippen LogP contribution in [0.2, 0.25) is 0 Å². The normalized spacial score (nSPS) is 18.2. The van der Waals surface area contributed by atoms with E-state index >= 15 is 0 Å². The fraction of sp³-hybridized carbons (Fsp3) is 0.500. The summed E-state index contributed by atoms with van der Waals surface area (Å²) in [5.74, 6) is 0.836. The van der Waals surface area contributed by atoms with E-state index in [1.807, 2.05) is 13.2 Å². The molecular formula is C20H28N4O. The van der Waals surface area contributed by atoms with Crippen LogP contribution >= 0.6 is 0 Å². The van der Waals surface area contributed by atoms with Crippen LogP contribution in [0, 0.1) is 5.92 Å². The van der Waals surface area contributed by atoms with Crippen LogP contribution in [0.4, 0.5) is 0 Å². The summed E-state index contributed by atoms with van der Waals surface area (Å²) in [6.07, 6.45) is 6.64. The summed E-state index contributed by atoms with van der Waals surface area (Å²) in [5.41, 5.74) is 3.42. The molecule has 1 atom stereocenters. The van der Waals surface area contributed by atoms with Crippen molar-refractivity contribution < 1.29 is 4.79 Å². The van der Waals surface area contributed by atoms with Gasteiger partial charge in [0.25, 0.3) is 0 Å². The van der Waals surface area contributed by atoms with Crippen molar-refractivity contribution in [3.8, 4) is 0 Å². The van der Waals surface area contributed by atoms with Gasteiger partial charge < -0.3 is 5.32 Å². The maximum atomic E-state index is 12.0. The molecule has 134 valence electrons. The topological polar surface area (TPSA) is 50.2 Å². The Labute approximate surface area is 150 Å². The van der Waals surface area contributed by atoms with Crippen molar-refractivity contribution in [2.45, 2.75) is 39.3 Å². The highest BCUT2D eigenvalue weighted by Crippen LogP contribution is 2.18. The Kier molecular flexibility index (Phi) is 5.87. The first kappa shape index (κ1) is 17.7. The molecule has 25 heavy (non-hydrogen) atoms. The number of nitrogens with one attached hydrogen (secondary N) is 1. The number of carbonyl (C=O) groups excluding carboxylic acids is 1. The largest absolute Gasteiger partial charge is 0.352 e. The van der Waals surface area contributed by atoms with Gasteiger partial charge in [0.2, 0.25) is 5.91 Å². The van der Waals surface area contributed by atoms with Gasteiger partial charge in [-0.3, -0.25) is 14.4 Å². The van der Waals surface area contributed by atoms with Crippen molar-refractivity contribution in [3.05, 3.63) is 53.3 Å². The number of aryl methyl sites for hydroxylation is 1. The fourth-order valence-electron chi connectivity index (χ4n) is 3.46. The van der Waals surface area contributed by atoms with Gasteiger partial charge in [-0.1, -0.05) is 31.2 Å². The van der Waals surface area contributed by atoms with Gasteiger partial charge in [-0.05, 0) is 42.0 Å². The Hall–Kier alpha value is -2.14. The number of hydrogen-bond donors (Lipinski definition) is 1. The van der Waals surface area contributed by atoms with Crippen molar-refractivity contribution in [3.63, 3.8) is 0 Å². The van der Waals surface area contributed by atoms with E-state index in [0.717, 1.165) is 23.6 Å². The van der Waals surface area contributed by atoms with Gasteiger partial charge >= 0.3 is 0 Å². The van der Waals surface area contributed by atoms with Gasteiger partial charge in [0, 0.05) is 32.9 Å². The summed E-state index contributed by atoms with van der Waals surface area (Å²) in [6, 6.07) is 8.60. The van der Waals surface area contributed by atoms with Crippen molar-refractivity contribution in [1.29, 1.82) is 0 Å². The van der Waals surface area contributed by atoms with E-state index in [1.54, 1.807) is 10.9 Å². The first-order valence-electron chi connectivity index (χ1n) is 9.13. The predicted molar refractivity (Wildman–Crippen MR) is 98.9 cm³/mol. The van der Waals surface area contributed by atoms with E-state index in [0.29, 0.717) is 13.0 Å². The summed E-state index contributed by atoms with van der Waals surface area (Å²) in [5, 5.41) is 7.06. The van der Waals surface area contributed by atoms with Crippen LogP contribution in [0.15, 0.2) is 36.7 Å². The van der Waals surface area contributed by atoms with E-state index in [-0.39, 0.29) is 5.91 Å². The molecule has 2 aromatic rings. The zero-order valence-electron chi connectivity index (χ0n) is 15.2. The molecule has 0 radical (unpaired) electrons. The molecule has 2 heterocycles. The summed E-state index contributed by atoms with van der Waals surface area (Å²) < 4.78 is 1.71. The lowest BCUT2D eigenvalue weighted by Crippen LogP contribution is -2.33. The van der Waals surface area contributed by atoms with Gasteiger partial charge in [0.15, 0.2) is 0 Å². The Bertz CT molecular complexity index is 692. The van der Waals surface area contributed by atoms with E-state index in [4.69, 9.17) is 0 Å². The van der Waals surface area contributed by atoms with Crippen molar-refractivity contribution in [1.82, 2.24) is 20.0 Å². The van der Waals surface area contributed by atoms with E-state index < -0.39 is 0 Å². The minimum Gasteiger partial charge on any atom is -0.352 e. The SMILES string of the molecule is CC1CCCN(Cc2ccc(CNC(=O)Cc3cnn(C)c3)cc2)C1. The molecule has 5 nitrogen and oxygen atoms in total. The number of likely N-dealkylation sites (tertiary alicyclic amines) is 1. The van der Waals surface area contributed by atoms with E-state index in [1.165, 1.54) is 31.5 Å². The molecule has 1 saturated heterocycles. The quantitative estimate of drug-likeness (QED) is 0.879. The molecule has 1 amide bonds. The first-order valence-corrected chi connectivity index (χ1v) is 9.13. The molecule has 1 aromatic heterocycles. The van der Waals surface area contributed by atoms with Crippen LogP contribution in [0.25, 0.3) is 0 Å². The second-order valence-corrected chi connectivity index (χ2v) is 7.27. The van der Waals surface area contributed by atoms with Crippen LogP contribution in [0.3, 0.4) is 0 Å². The van der Waals surface area contributed by atoms with Crippen LogP contribution < -0.4 is 5.32 Å². The van der Waals surface area contributed by atoms with Gasteiger partial charge in [0.1, 0.15) is 0 Å². The van der Waals surface area contributed by atoms with E-state index in [9.17, 15) is 4.79 Å². The molecule has 1 fully saturated rings. The maximum Gasteiger partial charge on any atom is 0.224 e. The third kappa shape index (κ3) is 5.43. The van der Waals surface area contributed by atoms with E-state index in [2.05, 4.69) is 46.5 Å². The molecule has 1 aliphatic heterocycles. The van der Waals surface area contributed by atoms with Crippen LogP contribution in [0.5, 0.6) is 0 Å². The Morgan fingerprint density at radius 3 is 2.68 bits per heavy atom. The van der Waals surface area contributed by atoms with Crippen LogP contribution in [-0.2, 0) is 31.4 Å². The Morgan fingerprint density at radius 2 is 2.00 bits per heavy atom. The maximum absolute atomic E-state index is 12.0. The number of benzene rings is 1. The molecule has 0 saturated carbocycles. The van der Waals surface area contributed by atoms with Gasteiger partial charge in [-0.15, -0.1) is 0 Å². The number of aromatic nitrogens is 2. The van der Waals surface area contributed by atoms with Crippen LogP contribution in [-0.4, -0.2) is 33.7 Å². The first-order chi connectivity index (χ1) is 12.1. The number of nitrogens with zero attached hydrogens (tertiary/aromatic N) is 3. The van der Waals surface area contributed by atoms with Crippen LogP contribution in [0.1, 0.15) is 36.5 Å². The van der Waals surface area contributed by atoms with Crippen molar-refractivity contribution in [2.75, 3.05) is 13.1 Å². The average molecular weight is 340 g/mol. The van der Waals surface area contributed by atoms with Gasteiger partial charge in [-0.2, -0.15) is 5.10 Å². The highest BCUT2D eigenvalue weighted by Gasteiger charge is 2.16. The number of hydrogen-bond acceptors (Lipinski definition) is 3. The second-order valence-electron chi connectivity index (χ2n) is 7.27. The van der Waals surface area contributed by atoms with Crippen molar-refractivity contribution in [2.24, 2.45) is 13.0 Å². The van der Waals surface area contributed by atoms with Gasteiger partial charge in [-0.25, -0.2) is 0 Å². The summed E-state index contributed by atoms with van der Waals surface area (Å²) in [4.78, 5) is 14.5. The molecule has 1 aromatic carbocycles. The third-order valence-corrected chi connectivity index (χ3v) is 4.78.